The lowest BCUT2D eigenvalue weighted by Gasteiger charge is -2.05. The molecule has 0 aromatic rings. The van der Waals surface area contributed by atoms with E-state index in [1.807, 2.05) is 0 Å². The van der Waals surface area contributed by atoms with Crippen LogP contribution >= 0.6 is 0 Å². The molecule has 1 saturated carbocycles. The molecule has 3 heteroatoms. The van der Waals surface area contributed by atoms with Crippen LogP contribution < -0.4 is 5.32 Å². The Kier molecular flexibility index (Phi) is 2.24. The van der Waals surface area contributed by atoms with E-state index in [9.17, 15) is 4.79 Å². The van der Waals surface area contributed by atoms with Crippen LogP contribution in [0.3, 0.4) is 0 Å². The molecule has 1 N–H and O–H groups in total. The van der Waals surface area contributed by atoms with Gasteiger partial charge in [-0.05, 0) is 0 Å². The molecule has 1 amide bonds. The van der Waals surface area contributed by atoms with Crippen molar-refractivity contribution in [2.75, 3.05) is 13.2 Å². The summed E-state index contributed by atoms with van der Waals surface area (Å²) in [7, 11) is 0. The lowest BCUT2D eigenvalue weighted by molar-refractivity contribution is -0.121. The Morgan fingerprint density at radius 3 is 2.85 bits per heavy atom. The van der Waals surface area contributed by atoms with E-state index in [1.165, 1.54) is 0 Å². The number of carbonyl (C=O) groups is 1. The highest BCUT2D eigenvalue weighted by Crippen LogP contribution is 2.44. The maximum atomic E-state index is 11.2. The molecule has 2 fully saturated rings. The summed E-state index contributed by atoms with van der Waals surface area (Å²) in [6.07, 6.45) is 6.05. The Balaban J connectivity index is 1.69. The molecular formula is C10H13NO2. The number of hydrogen-bond acceptors (Lipinski definition) is 2. The smallest absolute Gasteiger partial charge is 0.221 e. The fourth-order valence-corrected chi connectivity index (χ4v) is 1.90. The molecule has 1 aliphatic heterocycles. The molecular weight excluding hydrogens is 166 g/mol. The van der Waals surface area contributed by atoms with E-state index >= 15 is 0 Å². The fraction of sp³-hybridized carbons (Fsp3) is 0.700. The summed E-state index contributed by atoms with van der Waals surface area (Å²) in [6.45, 7) is 1.62. The summed E-state index contributed by atoms with van der Waals surface area (Å²) in [5.74, 6) is 3.70. The van der Waals surface area contributed by atoms with Gasteiger partial charge in [-0.25, -0.2) is 0 Å². The maximum absolute atomic E-state index is 11.2. The molecule has 1 heterocycles. The second kappa shape index (κ2) is 3.39. The van der Waals surface area contributed by atoms with E-state index in [-0.39, 0.29) is 5.91 Å². The number of fused-ring (bicyclic) bond motifs is 1. The summed E-state index contributed by atoms with van der Waals surface area (Å²) in [5.41, 5.74) is 0. The molecule has 1 aliphatic carbocycles. The standard InChI is InChI=1S/C10H13NO2/c1-2-3-4-9(12)11-10-7-5-13-6-8(7)10/h1,7-8,10H,3-6H2,(H,11,12)/t7-,8-/m0/s1. The van der Waals surface area contributed by atoms with E-state index in [2.05, 4.69) is 11.2 Å². The first kappa shape index (κ1) is 8.58. The number of terminal acetylenes is 1. The predicted octanol–water partition coefficient (Wildman–Crippen LogP) is 0.161. The Labute approximate surface area is 77.8 Å². The van der Waals surface area contributed by atoms with Gasteiger partial charge in [-0.3, -0.25) is 4.79 Å². The minimum Gasteiger partial charge on any atom is -0.381 e. The van der Waals surface area contributed by atoms with Crippen molar-refractivity contribution in [3.8, 4) is 12.3 Å². The Morgan fingerprint density at radius 1 is 1.54 bits per heavy atom. The molecule has 3 nitrogen and oxygen atoms in total. The number of carbonyl (C=O) groups excluding carboxylic acids is 1. The highest BCUT2D eigenvalue weighted by molar-refractivity contribution is 5.77. The van der Waals surface area contributed by atoms with Gasteiger partial charge in [-0.15, -0.1) is 12.3 Å². The minimum atomic E-state index is 0.0809. The summed E-state index contributed by atoms with van der Waals surface area (Å²) >= 11 is 0. The van der Waals surface area contributed by atoms with Crippen molar-refractivity contribution in [3.63, 3.8) is 0 Å². The first-order valence-corrected chi connectivity index (χ1v) is 4.63. The molecule has 13 heavy (non-hydrogen) atoms. The van der Waals surface area contributed by atoms with Crippen LogP contribution in [0.15, 0.2) is 0 Å². The van der Waals surface area contributed by atoms with Crippen LogP contribution in [-0.4, -0.2) is 25.2 Å². The van der Waals surface area contributed by atoms with Gasteiger partial charge < -0.3 is 10.1 Å². The largest absolute Gasteiger partial charge is 0.381 e. The Hall–Kier alpha value is -1.01. The van der Waals surface area contributed by atoms with Crippen molar-refractivity contribution in [2.24, 2.45) is 11.8 Å². The van der Waals surface area contributed by atoms with Crippen molar-refractivity contribution in [1.82, 2.24) is 5.32 Å². The molecule has 70 valence electrons. The monoisotopic (exact) mass is 179 g/mol. The number of ether oxygens (including phenoxy) is 1. The highest BCUT2D eigenvalue weighted by Gasteiger charge is 2.54. The molecule has 0 aromatic heterocycles. The normalized spacial score (nSPS) is 34.8. The van der Waals surface area contributed by atoms with E-state index in [0.29, 0.717) is 30.7 Å². The summed E-state index contributed by atoms with van der Waals surface area (Å²) in [6, 6.07) is 0.374. The van der Waals surface area contributed by atoms with Gasteiger partial charge in [0.05, 0.1) is 13.2 Å². The van der Waals surface area contributed by atoms with E-state index in [1.54, 1.807) is 0 Å². The van der Waals surface area contributed by atoms with E-state index in [0.717, 1.165) is 13.2 Å². The molecule has 1 saturated heterocycles. The van der Waals surface area contributed by atoms with Crippen LogP contribution in [0.5, 0.6) is 0 Å². The van der Waals surface area contributed by atoms with Gasteiger partial charge in [0, 0.05) is 30.7 Å². The van der Waals surface area contributed by atoms with Gasteiger partial charge in [0.1, 0.15) is 0 Å². The second-order valence-electron chi connectivity index (χ2n) is 3.66. The van der Waals surface area contributed by atoms with Crippen molar-refractivity contribution in [2.45, 2.75) is 18.9 Å². The van der Waals surface area contributed by atoms with Crippen LogP contribution in [0.4, 0.5) is 0 Å². The number of amides is 1. The summed E-state index contributed by atoms with van der Waals surface area (Å²) in [4.78, 5) is 11.2. The lowest BCUT2D eigenvalue weighted by Crippen LogP contribution is -2.29. The average molecular weight is 179 g/mol. The van der Waals surface area contributed by atoms with Crippen LogP contribution in [0.1, 0.15) is 12.8 Å². The first-order valence-electron chi connectivity index (χ1n) is 4.63. The second-order valence-corrected chi connectivity index (χ2v) is 3.66. The minimum absolute atomic E-state index is 0.0809. The molecule has 2 atom stereocenters. The fourth-order valence-electron chi connectivity index (χ4n) is 1.90. The van der Waals surface area contributed by atoms with Crippen molar-refractivity contribution in [3.05, 3.63) is 0 Å². The van der Waals surface area contributed by atoms with Gasteiger partial charge in [0.15, 0.2) is 0 Å². The average Bonchev–Trinajstić information content (AvgIpc) is 2.63. The molecule has 0 spiro atoms. The van der Waals surface area contributed by atoms with Gasteiger partial charge >= 0.3 is 0 Å². The summed E-state index contributed by atoms with van der Waals surface area (Å²) < 4.78 is 5.22. The van der Waals surface area contributed by atoms with Crippen LogP contribution in [-0.2, 0) is 9.53 Å². The van der Waals surface area contributed by atoms with Gasteiger partial charge in [0.2, 0.25) is 5.91 Å². The predicted molar refractivity (Wildman–Crippen MR) is 47.8 cm³/mol. The maximum Gasteiger partial charge on any atom is 0.221 e. The summed E-state index contributed by atoms with van der Waals surface area (Å²) in [5, 5.41) is 2.98. The quantitative estimate of drug-likeness (QED) is 0.627. The number of hydrogen-bond donors (Lipinski definition) is 1. The molecule has 2 aliphatic rings. The third-order valence-corrected chi connectivity index (χ3v) is 2.78. The zero-order valence-corrected chi connectivity index (χ0v) is 7.45. The van der Waals surface area contributed by atoms with Crippen molar-refractivity contribution >= 4 is 5.91 Å². The Morgan fingerprint density at radius 2 is 2.23 bits per heavy atom. The number of rotatable bonds is 3. The van der Waals surface area contributed by atoms with E-state index in [4.69, 9.17) is 11.2 Å². The topological polar surface area (TPSA) is 38.3 Å². The molecule has 0 aromatic carbocycles. The van der Waals surface area contributed by atoms with Gasteiger partial charge in [-0.1, -0.05) is 0 Å². The molecule has 0 bridgehead atoms. The third kappa shape index (κ3) is 1.68. The molecule has 0 radical (unpaired) electrons. The highest BCUT2D eigenvalue weighted by atomic mass is 16.5. The van der Waals surface area contributed by atoms with Crippen molar-refractivity contribution in [1.29, 1.82) is 0 Å². The van der Waals surface area contributed by atoms with E-state index < -0.39 is 0 Å². The first-order chi connectivity index (χ1) is 6.33. The van der Waals surface area contributed by atoms with Crippen LogP contribution in [0.2, 0.25) is 0 Å². The van der Waals surface area contributed by atoms with Gasteiger partial charge in [-0.2, -0.15) is 0 Å². The number of nitrogens with one attached hydrogen (secondary N) is 1. The van der Waals surface area contributed by atoms with Crippen LogP contribution in [0.25, 0.3) is 0 Å². The van der Waals surface area contributed by atoms with Crippen LogP contribution in [0, 0.1) is 24.2 Å². The zero-order chi connectivity index (χ0) is 9.26. The molecule has 2 rings (SSSR count). The zero-order valence-electron chi connectivity index (χ0n) is 7.45. The Bertz CT molecular complexity index is 246. The third-order valence-electron chi connectivity index (χ3n) is 2.78. The molecule has 0 unspecified atom stereocenters. The van der Waals surface area contributed by atoms with Crippen molar-refractivity contribution < 1.29 is 9.53 Å². The lowest BCUT2D eigenvalue weighted by atomic mass is 10.3. The van der Waals surface area contributed by atoms with Gasteiger partial charge in [0.25, 0.3) is 0 Å². The SMILES string of the molecule is C#CCCC(=O)NC1[C@H]2COC[C@H]12.